The van der Waals surface area contributed by atoms with Crippen LogP contribution in [0.1, 0.15) is 48.8 Å². The Bertz CT molecular complexity index is 1320. The van der Waals surface area contributed by atoms with E-state index in [1.54, 1.807) is 22.8 Å². The van der Waals surface area contributed by atoms with E-state index in [0.29, 0.717) is 33.5 Å². The first-order chi connectivity index (χ1) is 15.0. The van der Waals surface area contributed by atoms with Crippen molar-refractivity contribution in [3.8, 4) is 0 Å². The van der Waals surface area contributed by atoms with Crippen LogP contribution in [0.2, 0.25) is 10.0 Å². The summed E-state index contributed by atoms with van der Waals surface area (Å²) < 4.78 is 16.9. The summed E-state index contributed by atoms with van der Waals surface area (Å²) in [6.07, 6.45) is 6.60. The molecule has 1 aliphatic rings. The number of aromatic amines is 1. The summed E-state index contributed by atoms with van der Waals surface area (Å²) in [4.78, 5) is 24.6. The number of hydrogen-bond acceptors (Lipinski definition) is 3. The Kier molecular flexibility index (Phi) is 5.32. The van der Waals surface area contributed by atoms with Crippen molar-refractivity contribution in [3.63, 3.8) is 0 Å². The van der Waals surface area contributed by atoms with Gasteiger partial charge in [0.1, 0.15) is 5.82 Å². The molecule has 6 nitrogen and oxygen atoms in total. The molecule has 0 bridgehead atoms. The average molecular weight is 460 g/mol. The molecular weight excluding hydrogens is 440 g/mol. The molecule has 1 fully saturated rings. The molecule has 5 rings (SSSR count). The van der Waals surface area contributed by atoms with Crippen LogP contribution in [-0.2, 0) is 13.0 Å². The third-order valence-corrected chi connectivity index (χ3v) is 6.41. The van der Waals surface area contributed by atoms with Crippen LogP contribution < -0.4 is 5.69 Å². The van der Waals surface area contributed by atoms with Crippen molar-refractivity contribution in [1.29, 1.82) is 0 Å². The van der Waals surface area contributed by atoms with Gasteiger partial charge in [0.2, 0.25) is 5.95 Å². The van der Waals surface area contributed by atoms with E-state index < -0.39 is 5.95 Å². The summed E-state index contributed by atoms with van der Waals surface area (Å²) >= 11 is 12.4. The summed E-state index contributed by atoms with van der Waals surface area (Å²) in [5, 5.41) is 1.16. The number of hydrogen-bond donors (Lipinski definition) is 1. The van der Waals surface area contributed by atoms with Crippen molar-refractivity contribution >= 4 is 34.4 Å². The molecule has 0 radical (unpaired) electrons. The van der Waals surface area contributed by atoms with Crippen LogP contribution in [0.25, 0.3) is 11.2 Å². The molecule has 31 heavy (non-hydrogen) atoms. The SMILES string of the molecule is O=c1n(Cc2nc3nc(F)ccc3[nH]2)cc(Cc2ccc(Cl)cc2Cl)n1C1CCCC1. The third kappa shape index (κ3) is 4.00. The summed E-state index contributed by atoms with van der Waals surface area (Å²) in [5.74, 6) is -0.0351. The molecule has 1 aliphatic carbocycles. The van der Waals surface area contributed by atoms with E-state index in [9.17, 15) is 9.18 Å². The van der Waals surface area contributed by atoms with Gasteiger partial charge in [-0.25, -0.2) is 9.78 Å². The first kappa shape index (κ1) is 20.3. The van der Waals surface area contributed by atoms with Crippen molar-refractivity contribution in [2.75, 3.05) is 0 Å². The van der Waals surface area contributed by atoms with Gasteiger partial charge in [0.15, 0.2) is 5.65 Å². The van der Waals surface area contributed by atoms with E-state index in [1.807, 2.05) is 16.8 Å². The molecule has 9 heteroatoms. The topological polar surface area (TPSA) is 68.5 Å². The van der Waals surface area contributed by atoms with E-state index in [4.69, 9.17) is 23.2 Å². The van der Waals surface area contributed by atoms with Crippen LogP contribution in [0, 0.1) is 5.95 Å². The molecule has 160 valence electrons. The number of pyridine rings is 1. The van der Waals surface area contributed by atoms with E-state index in [2.05, 4.69) is 15.0 Å². The molecule has 4 aromatic rings. The molecule has 1 N–H and O–H groups in total. The maximum absolute atomic E-state index is 13.4. The second-order valence-corrected chi connectivity index (χ2v) is 8.78. The number of fused-ring (bicyclic) bond motifs is 1. The zero-order chi connectivity index (χ0) is 21.5. The highest BCUT2D eigenvalue weighted by molar-refractivity contribution is 6.35. The monoisotopic (exact) mass is 459 g/mol. The average Bonchev–Trinajstić information content (AvgIpc) is 3.44. The maximum atomic E-state index is 13.4. The zero-order valence-corrected chi connectivity index (χ0v) is 18.1. The van der Waals surface area contributed by atoms with Crippen molar-refractivity contribution < 1.29 is 4.39 Å². The lowest BCUT2D eigenvalue weighted by Crippen LogP contribution is -2.28. The molecule has 0 atom stereocenters. The van der Waals surface area contributed by atoms with Crippen molar-refractivity contribution in [1.82, 2.24) is 24.1 Å². The highest BCUT2D eigenvalue weighted by Crippen LogP contribution is 2.31. The molecule has 0 unspecified atom stereocenters. The van der Waals surface area contributed by atoms with Gasteiger partial charge in [-0.1, -0.05) is 42.1 Å². The van der Waals surface area contributed by atoms with Gasteiger partial charge in [-0.05, 0) is 42.7 Å². The third-order valence-electron chi connectivity index (χ3n) is 5.82. The van der Waals surface area contributed by atoms with E-state index in [0.717, 1.165) is 36.9 Å². The largest absolute Gasteiger partial charge is 0.339 e. The highest BCUT2D eigenvalue weighted by Gasteiger charge is 2.24. The van der Waals surface area contributed by atoms with Gasteiger partial charge >= 0.3 is 5.69 Å². The van der Waals surface area contributed by atoms with Gasteiger partial charge in [0.25, 0.3) is 0 Å². The first-order valence-electron chi connectivity index (χ1n) is 10.2. The number of rotatable bonds is 5. The molecule has 0 amide bonds. The number of H-pyrrole nitrogens is 1. The molecular formula is C22H20Cl2FN5O. The fraction of sp³-hybridized carbons (Fsp3) is 0.318. The fourth-order valence-corrected chi connectivity index (χ4v) is 4.85. The number of aromatic nitrogens is 5. The molecule has 3 heterocycles. The Morgan fingerprint density at radius 1 is 1.13 bits per heavy atom. The molecule has 0 saturated heterocycles. The molecule has 3 aromatic heterocycles. The van der Waals surface area contributed by atoms with E-state index in [-0.39, 0.29) is 18.3 Å². The highest BCUT2D eigenvalue weighted by atomic mass is 35.5. The quantitative estimate of drug-likeness (QED) is 0.421. The molecule has 0 spiro atoms. The van der Waals surface area contributed by atoms with Gasteiger partial charge in [0.05, 0.1) is 12.1 Å². The van der Waals surface area contributed by atoms with Gasteiger partial charge < -0.3 is 4.98 Å². The summed E-state index contributed by atoms with van der Waals surface area (Å²) in [5.41, 5.74) is 2.67. The van der Waals surface area contributed by atoms with Crippen molar-refractivity contribution in [2.24, 2.45) is 0 Å². The molecule has 0 aliphatic heterocycles. The predicted octanol–water partition coefficient (Wildman–Crippen LogP) is 5.12. The minimum absolute atomic E-state index is 0.0772. The predicted molar refractivity (Wildman–Crippen MR) is 118 cm³/mol. The van der Waals surface area contributed by atoms with E-state index in [1.165, 1.54) is 6.07 Å². The molecule has 1 aromatic carbocycles. The number of benzene rings is 1. The molecule has 1 saturated carbocycles. The van der Waals surface area contributed by atoms with Gasteiger partial charge in [-0.3, -0.25) is 9.13 Å². The zero-order valence-electron chi connectivity index (χ0n) is 16.6. The maximum Gasteiger partial charge on any atom is 0.329 e. The van der Waals surface area contributed by atoms with Crippen LogP contribution in [-0.4, -0.2) is 24.1 Å². The minimum Gasteiger partial charge on any atom is -0.339 e. The van der Waals surface area contributed by atoms with Crippen LogP contribution in [0.4, 0.5) is 4.39 Å². The number of nitrogens with one attached hydrogen (secondary N) is 1. The second kappa shape index (κ2) is 8.13. The van der Waals surface area contributed by atoms with Gasteiger partial charge in [-0.15, -0.1) is 0 Å². The summed E-state index contributed by atoms with van der Waals surface area (Å²) in [6, 6.07) is 8.47. The Labute approximate surface area is 187 Å². The Balaban J connectivity index is 1.52. The van der Waals surface area contributed by atoms with Crippen LogP contribution in [0.15, 0.2) is 41.3 Å². The second-order valence-electron chi connectivity index (χ2n) is 7.94. The Morgan fingerprint density at radius 3 is 2.71 bits per heavy atom. The van der Waals surface area contributed by atoms with E-state index >= 15 is 0 Å². The lowest BCUT2D eigenvalue weighted by atomic mass is 10.1. The van der Waals surface area contributed by atoms with Crippen LogP contribution in [0.3, 0.4) is 0 Å². The Morgan fingerprint density at radius 2 is 1.94 bits per heavy atom. The fourth-order valence-electron chi connectivity index (χ4n) is 4.37. The lowest BCUT2D eigenvalue weighted by molar-refractivity contribution is 0.480. The smallest absolute Gasteiger partial charge is 0.329 e. The van der Waals surface area contributed by atoms with Crippen LogP contribution >= 0.6 is 23.2 Å². The van der Waals surface area contributed by atoms with Gasteiger partial charge in [-0.2, -0.15) is 9.37 Å². The first-order valence-corrected chi connectivity index (χ1v) is 11.0. The van der Waals surface area contributed by atoms with Crippen LogP contribution in [0.5, 0.6) is 0 Å². The lowest BCUT2D eigenvalue weighted by Gasteiger charge is -2.14. The Hall–Kier alpha value is -2.64. The standard InChI is InChI=1S/C22H20Cl2FN5O/c23-14-6-5-13(17(24)10-14)9-16-11-29(22(31)30(16)15-3-1-2-4-15)12-20-26-18-7-8-19(25)27-21(18)28-20/h5-8,10-11,15H,1-4,9,12H2,(H,26,27,28). The van der Waals surface area contributed by atoms with Crippen molar-refractivity contribution in [3.05, 3.63) is 80.1 Å². The summed E-state index contributed by atoms with van der Waals surface area (Å²) in [6.45, 7) is 0.248. The normalized spacial score (nSPS) is 14.7. The summed E-state index contributed by atoms with van der Waals surface area (Å²) in [7, 11) is 0. The van der Waals surface area contributed by atoms with Gasteiger partial charge in [0, 0.05) is 34.4 Å². The minimum atomic E-state index is -0.586. The number of halogens is 3. The number of imidazole rings is 2. The number of nitrogens with zero attached hydrogens (tertiary/aromatic N) is 4. The van der Waals surface area contributed by atoms with Crippen molar-refractivity contribution in [2.45, 2.75) is 44.7 Å².